The molecule has 4 aromatic rings. The van der Waals surface area contributed by atoms with Crippen molar-refractivity contribution in [2.24, 2.45) is 5.92 Å². The van der Waals surface area contributed by atoms with Crippen molar-refractivity contribution in [1.29, 1.82) is 0 Å². The van der Waals surface area contributed by atoms with E-state index < -0.39 is 9.84 Å². The van der Waals surface area contributed by atoms with Crippen LogP contribution in [0.1, 0.15) is 12.8 Å². The first-order chi connectivity index (χ1) is 15.8. The highest BCUT2D eigenvalue weighted by atomic mass is 32.2. The van der Waals surface area contributed by atoms with E-state index in [2.05, 4.69) is 32.4 Å². The van der Waals surface area contributed by atoms with E-state index in [9.17, 15) is 8.42 Å². The number of anilines is 2. The molecule has 0 saturated carbocycles. The van der Waals surface area contributed by atoms with Gasteiger partial charge in [0.15, 0.2) is 15.5 Å². The van der Waals surface area contributed by atoms with Crippen molar-refractivity contribution in [2.45, 2.75) is 24.3 Å². The van der Waals surface area contributed by atoms with E-state index in [1.54, 1.807) is 35.0 Å². The first kappa shape index (κ1) is 21.6. The Morgan fingerprint density at radius 3 is 2.61 bits per heavy atom. The molecule has 5 rings (SSSR count). The van der Waals surface area contributed by atoms with Gasteiger partial charge in [0.1, 0.15) is 0 Å². The number of nitrogens with one attached hydrogen (secondary N) is 1. The molecule has 10 heteroatoms. The highest BCUT2D eigenvalue weighted by Gasteiger charge is 2.18. The number of rotatable bonds is 6. The van der Waals surface area contributed by atoms with Gasteiger partial charge in [-0.3, -0.25) is 4.68 Å². The Bertz CT molecular complexity index is 1370. The molecule has 0 atom stereocenters. The summed E-state index contributed by atoms with van der Waals surface area (Å²) < 4.78 is 27.2. The maximum atomic E-state index is 11.8. The van der Waals surface area contributed by atoms with Gasteiger partial charge in [0, 0.05) is 30.8 Å². The average Bonchev–Trinajstić information content (AvgIpc) is 3.41. The van der Waals surface area contributed by atoms with Gasteiger partial charge in [0.25, 0.3) is 0 Å². The maximum absolute atomic E-state index is 11.8. The van der Waals surface area contributed by atoms with E-state index in [1.807, 2.05) is 29.2 Å². The van der Waals surface area contributed by atoms with Crippen LogP contribution in [0.4, 0.5) is 11.6 Å². The number of nitrogens with zero attached hydrogens (tertiary/aromatic N) is 6. The summed E-state index contributed by atoms with van der Waals surface area (Å²) in [5.41, 5.74) is 3.28. The summed E-state index contributed by atoms with van der Waals surface area (Å²) in [6.07, 6.45) is 9.23. The number of fused-ring (bicyclic) bond motifs is 1. The van der Waals surface area contributed by atoms with Crippen LogP contribution >= 0.6 is 0 Å². The second-order valence-electron chi connectivity index (χ2n) is 8.74. The van der Waals surface area contributed by atoms with Crippen molar-refractivity contribution in [3.63, 3.8) is 0 Å². The minimum absolute atomic E-state index is 0.291. The highest BCUT2D eigenvalue weighted by Crippen LogP contribution is 2.26. The standard InChI is InChI=1S/C23H27N7O2S/c1-28-12-9-17(10-13-28)15-29-16-19(14-24-29)25-23-26-22-21(4-3-11-30(22)27-23)18-5-7-20(8-6-18)33(2,31)32/h3-8,11,14,16-17H,9-10,12-13,15H2,1-2H3,(H,25,27). The quantitative estimate of drug-likeness (QED) is 0.467. The molecule has 1 N–H and O–H groups in total. The van der Waals surface area contributed by atoms with Gasteiger partial charge in [0.05, 0.1) is 16.8 Å². The topological polar surface area (TPSA) is 97.4 Å². The molecule has 3 aromatic heterocycles. The van der Waals surface area contributed by atoms with E-state index in [4.69, 9.17) is 0 Å². The third-order valence-electron chi connectivity index (χ3n) is 6.13. The van der Waals surface area contributed by atoms with E-state index in [1.165, 1.54) is 19.1 Å². The molecule has 0 radical (unpaired) electrons. The summed E-state index contributed by atoms with van der Waals surface area (Å²) in [5, 5.41) is 12.3. The molecule has 4 heterocycles. The first-order valence-electron chi connectivity index (χ1n) is 11.0. The summed E-state index contributed by atoms with van der Waals surface area (Å²) in [6, 6.07) is 10.7. The molecule has 1 aromatic carbocycles. The fourth-order valence-electron chi connectivity index (χ4n) is 4.23. The zero-order valence-electron chi connectivity index (χ0n) is 18.7. The Morgan fingerprint density at radius 2 is 1.88 bits per heavy atom. The number of benzene rings is 1. The van der Waals surface area contributed by atoms with Crippen LogP contribution in [0.2, 0.25) is 0 Å². The number of hydrogen-bond acceptors (Lipinski definition) is 7. The predicted molar refractivity (Wildman–Crippen MR) is 127 cm³/mol. The molecule has 0 unspecified atom stereocenters. The number of pyridine rings is 1. The van der Waals surface area contributed by atoms with E-state index in [0.717, 1.165) is 36.4 Å². The van der Waals surface area contributed by atoms with Gasteiger partial charge in [-0.1, -0.05) is 12.1 Å². The minimum atomic E-state index is -3.24. The van der Waals surface area contributed by atoms with Crippen LogP contribution in [0.3, 0.4) is 0 Å². The molecule has 0 aliphatic carbocycles. The highest BCUT2D eigenvalue weighted by molar-refractivity contribution is 7.90. The molecule has 0 bridgehead atoms. The van der Waals surface area contributed by atoms with Gasteiger partial charge in [-0.2, -0.15) is 10.1 Å². The largest absolute Gasteiger partial charge is 0.320 e. The lowest BCUT2D eigenvalue weighted by atomic mass is 9.97. The molecule has 1 fully saturated rings. The fraction of sp³-hybridized carbons (Fsp3) is 0.348. The summed E-state index contributed by atoms with van der Waals surface area (Å²) in [5.74, 6) is 1.13. The number of aromatic nitrogens is 5. The van der Waals surface area contributed by atoms with Gasteiger partial charge in [-0.05, 0) is 68.7 Å². The third kappa shape index (κ3) is 4.76. The first-order valence-corrected chi connectivity index (χ1v) is 12.9. The van der Waals surface area contributed by atoms with Crippen molar-refractivity contribution in [1.82, 2.24) is 29.3 Å². The van der Waals surface area contributed by atoms with Crippen LogP contribution in [0.5, 0.6) is 0 Å². The second kappa shape index (κ2) is 8.60. The molecule has 172 valence electrons. The fourth-order valence-corrected chi connectivity index (χ4v) is 4.86. The van der Waals surface area contributed by atoms with Crippen LogP contribution < -0.4 is 5.32 Å². The Labute approximate surface area is 193 Å². The van der Waals surface area contributed by atoms with Crippen molar-refractivity contribution in [3.8, 4) is 11.1 Å². The van der Waals surface area contributed by atoms with Crippen LogP contribution in [0.15, 0.2) is 59.9 Å². The lowest BCUT2D eigenvalue weighted by molar-refractivity contribution is 0.201. The average molecular weight is 466 g/mol. The third-order valence-corrected chi connectivity index (χ3v) is 7.26. The van der Waals surface area contributed by atoms with E-state index in [-0.39, 0.29) is 0 Å². The molecule has 9 nitrogen and oxygen atoms in total. The Morgan fingerprint density at radius 1 is 1.12 bits per heavy atom. The zero-order valence-corrected chi connectivity index (χ0v) is 19.5. The van der Waals surface area contributed by atoms with Crippen molar-refractivity contribution < 1.29 is 8.42 Å². The van der Waals surface area contributed by atoms with Crippen LogP contribution in [-0.2, 0) is 16.4 Å². The lowest BCUT2D eigenvalue weighted by Crippen LogP contribution is -2.31. The second-order valence-corrected chi connectivity index (χ2v) is 10.8. The van der Waals surface area contributed by atoms with E-state index >= 15 is 0 Å². The number of hydrogen-bond donors (Lipinski definition) is 1. The monoisotopic (exact) mass is 465 g/mol. The Balaban J connectivity index is 1.34. The minimum Gasteiger partial charge on any atom is -0.320 e. The predicted octanol–water partition coefficient (Wildman–Crippen LogP) is 3.08. The number of piperidine rings is 1. The lowest BCUT2D eigenvalue weighted by Gasteiger charge is -2.28. The zero-order chi connectivity index (χ0) is 23.0. The molecule has 1 saturated heterocycles. The molecular weight excluding hydrogens is 438 g/mol. The van der Waals surface area contributed by atoms with Gasteiger partial charge in [-0.15, -0.1) is 5.10 Å². The van der Waals surface area contributed by atoms with Crippen LogP contribution in [0.25, 0.3) is 16.8 Å². The summed E-state index contributed by atoms with van der Waals surface area (Å²) >= 11 is 0. The smallest absolute Gasteiger partial charge is 0.247 e. The van der Waals surface area contributed by atoms with Gasteiger partial charge in [-0.25, -0.2) is 12.9 Å². The summed E-state index contributed by atoms with van der Waals surface area (Å²) in [6.45, 7) is 3.20. The van der Waals surface area contributed by atoms with Crippen LogP contribution in [-0.4, -0.2) is 64.1 Å². The van der Waals surface area contributed by atoms with Crippen LogP contribution in [0, 0.1) is 5.92 Å². The Kier molecular flexibility index (Phi) is 5.63. The number of sulfone groups is 1. The van der Waals surface area contributed by atoms with E-state index in [0.29, 0.717) is 22.4 Å². The molecule has 1 aliphatic heterocycles. The van der Waals surface area contributed by atoms with Crippen molar-refractivity contribution in [2.75, 3.05) is 31.7 Å². The molecule has 0 amide bonds. The SMILES string of the molecule is CN1CCC(Cn2cc(Nc3nc4c(-c5ccc(S(C)(=O)=O)cc5)cccn4n3)cn2)CC1. The molecule has 33 heavy (non-hydrogen) atoms. The van der Waals surface area contributed by atoms with Gasteiger partial charge >= 0.3 is 0 Å². The molecule has 1 aliphatic rings. The summed E-state index contributed by atoms with van der Waals surface area (Å²) in [4.78, 5) is 7.33. The van der Waals surface area contributed by atoms with Crippen molar-refractivity contribution in [3.05, 3.63) is 55.0 Å². The Hall–Kier alpha value is -3.24. The molecular formula is C23H27N7O2S. The number of likely N-dealkylation sites (tertiary alicyclic amines) is 1. The molecule has 0 spiro atoms. The van der Waals surface area contributed by atoms with Gasteiger partial charge < -0.3 is 10.2 Å². The van der Waals surface area contributed by atoms with Crippen molar-refractivity contribution >= 4 is 27.1 Å². The summed E-state index contributed by atoms with van der Waals surface area (Å²) in [7, 11) is -1.07. The van der Waals surface area contributed by atoms with Gasteiger partial charge in [0.2, 0.25) is 5.95 Å². The normalized spacial score (nSPS) is 15.8. The maximum Gasteiger partial charge on any atom is 0.247 e.